The first kappa shape index (κ1) is 38.1. The van der Waals surface area contributed by atoms with Crippen LogP contribution in [0.5, 0.6) is 0 Å². The van der Waals surface area contributed by atoms with Crippen LogP contribution < -0.4 is 11.3 Å². The van der Waals surface area contributed by atoms with Crippen molar-refractivity contribution in [2.45, 2.75) is 0 Å². The second-order valence-electron chi connectivity index (χ2n) is 17.6. The van der Waals surface area contributed by atoms with E-state index in [0.717, 1.165) is 110 Å². The Hall–Kier alpha value is -9.26. The minimum Gasteiger partial charge on any atom is -0.422 e. The summed E-state index contributed by atoms with van der Waals surface area (Å²) in [6.45, 7) is 0. The van der Waals surface area contributed by atoms with Gasteiger partial charge in [-0.05, 0) is 141 Å². The molecule has 0 aliphatic rings. The standard InChI is InChI=1S/C62H36N2O4/c65-61-53-35-37(19-25-45(53)47-15-7-9-17-59(47)67-61)39-21-27-55-49(31-39)51-33-41(23-29-57(51)63(55)43-11-3-1-4-12-43)42-24-30-58-52(34-42)50-32-40(22-28-56(50)64(58)44-13-5-2-6-14-44)38-20-26-46-48-16-8-10-18-60(48)68-62(66)54(46)36-38/h1-36H. The Labute approximate surface area is 387 Å². The van der Waals surface area contributed by atoms with Gasteiger partial charge in [0.15, 0.2) is 0 Å². The van der Waals surface area contributed by atoms with Gasteiger partial charge in [0, 0.05) is 43.7 Å². The van der Waals surface area contributed by atoms with Crippen LogP contribution in [0, 0.1) is 0 Å². The Bertz CT molecular complexity index is 4250. The van der Waals surface area contributed by atoms with Crippen LogP contribution in [0.15, 0.2) is 237 Å². The van der Waals surface area contributed by atoms with Crippen LogP contribution in [0.2, 0.25) is 0 Å². The molecule has 0 atom stereocenters. The van der Waals surface area contributed by atoms with Crippen LogP contribution in [-0.2, 0) is 0 Å². The predicted octanol–water partition coefficient (Wildman–Crippen LogP) is 15.4. The fourth-order valence-electron chi connectivity index (χ4n) is 10.6. The minimum atomic E-state index is -0.344. The molecular formula is C62H36N2O4. The van der Waals surface area contributed by atoms with Crippen molar-refractivity contribution in [2.75, 3.05) is 0 Å². The summed E-state index contributed by atoms with van der Waals surface area (Å²) in [7, 11) is 0. The summed E-state index contributed by atoms with van der Waals surface area (Å²) in [6.07, 6.45) is 0. The van der Waals surface area contributed by atoms with Crippen LogP contribution in [0.3, 0.4) is 0 Å². The molecule has 10 aromatic carbocycles. The van der Waals surface area contributed by atoms with Gasteiger partial charge < -0.3 is 18.0 Å². The van der Waals surface area contributed by atoms with Gasteiger partial charge in [0.25, 0.3) is 0 Å². The third kappa shape index (κ3) is 5.77. The van der Waals surface area contributed by atoms with Gasteiger partial charge in [-0.15, -0.1) is 0 Å². The maximum Gasteiger partial charge on any atom is 0.344 e. The number of rotatable bonds is 5. The van der Waals surface area contributed by atoms with E-state index in [1.165, 1.54) is 0 Å². The van der Waals surface area contributed by atoms with Crippen molar-refractivity contribution >= 4 is 87.1 Å². The molecule has 4 heterocycles. The molecule has 0 spiro atoms. The molecule has 0 bridgehead atoms. The highest BCUT2D eigenvalue weighted by Crippen LogP contribution is 2.41. The maximum absolute atomic E-state index is 13.3. The highest BCUT2D eigenvalue weighted by atomic mass is 16.4. The van der Waals surface area contributed by atoms with Crippen molar-refractivity contribution in [2.24, 2.45) is 0 Å². The van der Waals surface area contributed by atoms with E-state index in [4.69, 9.17) is 8.83 Å². The van der Waals surface area contributed by atoms with Gasteiger partial charge in [-0.3, -0.25) is 0 Å². The minimum absolute atomic E-state index is 0.344. The smallest absolute Gasteiger partial charge is 0.344 e. The summed E-state index contributed by atoms with van der Waals surface area (Å²) >= 11 is 0. The first-order valence-electron chi connectivity index (χ1n) is 22.7. The van der Waals surface area contributed by atoms with Crippen molar-refractivity contribution in [1.82, 2.24) is 9.13 Å². The van der Waals surface area contributed by atoms with Crippen molar-refractivity contribution < 1.29 is 8.83 Å². The van der Waals surface area contributed by atoms with E-state index in [1.54, 1.807) is 0 Å². The van der Waals surface area contributed by atoms with E-state index in [0.29, 0.717) is 21.9 Å². The Kier molecular flexibility index (Phi) is 8.18. The topological polar surface area (TPSA) is 70.3 Å². The van der Waals surface area contributed by atoms with Crippen LogP contribution in [0.4, 0.5) is 0 Å². The number of hydrogen-bond donors (Lipinski definition) is 0. The predicted molar refractivity (Wildman–Crippen MR) is 279 cm³/mol. The van der Waals surface area contributed by atoms with Crippen LogP contribution in [-0.4, -0.2) is 9.13 Å². The fourth-order valence-corrected chi connectivity index (χ4v) is 10.6. The van der Waals surface area contributed by atoms with Gasteiger partial charge in [-0.2, -0.15) is 0 Å². The molecule has 68 heavy (non-hydrogen) atoms. The Morgan fingerprint density at radius 3 is 0.897 bits per heavy atom. The average molecular weight is 873 g/mol. The van der Waals surface area contributed by atoms with E-state index < -0.39 is 0 Å². The van der Waals surface area contributed by atoms with E-state index in [-0.39, 0.29) is 11.3 Å². The molecule has 4 aromatic heterocycles. The van der Waals surface area contributed by atoms with Crippen molar-refractivity contribution in [3.63, 3.8) is 0 Å². The Morgan fingerprint density at radius 1 is 0.250 bits per heavy atom. The summed E-state index contributed by atoms with van der Waals surface area (Å²) < 4.78 is 16.2. The summed E-state index contributed by atoms with van der Waals surface area (Å²) in [4.78, 5) is 26.6. The first-order valence-corrected chi connectivity index (χ1v) is 22.7. The van der Waals surface area contributed by atoms with Gasteiger partial charge >= 0.3 is 11.3 Å². The molecular weight excluding hydrogens is 837 g/mol. The molecule has 6 heteroatoms. The molecule has 0 N–H and O–H groups in total. The Morgan fingerprint density at radius 2 is 0.544 bits per heavy atom. The molecule has 0 radical (unpaired) electrons. The second kappa shape index (κ2) is 14.6. The summed E-state index contributed by atoms with van der Waals surface area (Å²) in [5, 5.41) is 9.17. The number of aromatic nitrogens is 2. The van der Waals surface area contributed by atoms with E-state index in [2.05, 4.69) is 143 Å². The molecule has 0 amide bonds. The lowest BCUT2D eigenvalue weighted by Crippen LogP contribution is -2.00. The van der Waals surface area contributed by atoms with Crippen molar-refractivity contribution in [3.05, 3.63) is 239 Å². The molecule has 318 valence electrons. The molecule has 0 aliphatic carbocycles. The fraction of sp³-hybridized carbons (Fsp3) is 0. The molecule has 0 saturated heterocycles. The zero-order chi connectivity index (χ0) is 45.0. The SMILES string of the molecule is O=c1oc2ccccc2c2ccc(-c3ccc4c(c3)c3cc(-c5ccc6c(c5)c5cc(-c7ccc8c(c7)c(=O)oc7ccccc78)ccc5n6-c5ccccc5)ccc3n4-c3ccccc3)cc12. The van der Waals surface area contributed by atoms with Gasteiger partial charge in [-0.25, -0.2) is 9.59 Å². The lowest BCUT2D eigenvalue weighted by atomic mass is 9.97. The molecule has 14 aromatic rings. The first-order chi connectivity index (χ1) is 33.5. The van der Waals surface area contributed by atoms with E-state index >= 15 is 0 Å². The lowest BCUT2D eigenvalue weighted by Gasteiger charge is -2.09. The third-order valence-corrected chi connectivity index (χ3v) is 13.8. The van der Waals surface area contributed by atoms with E-state index in [1.807, 2.05) is 84.9 Å². The van der Waals surface area contributed by atoms with Gasteiger partial charge in [0.2, 0.25) is 0 Å². The third-order valence-electron chi connectivity index (χ3n) is 13.8. The summed E-state index contributed by atoms with van der Waals surface area (Å²) in [5.41, 5.74) is 13.1. The monoisotopic (exact) mass is 872 g/mol. The molecule has 0 unspecified atom stereocenters. The lowest BCUT2D eigenvalue weighted by molar-refractivity contribution is 0.569. The molecule has 0 fully saturated rings. The zero-order valence-electron chi connectivity index (χ0n) is 36.3. The molecule has 0 saturated carbocycles. The quantitative estimate of drug-likeness (QED) is 0.128. The molecule has 6 nitrogen and oxygen atoms in total. The molecule has 0 aliphatic heterocycles. The van der Waals surface area contributed by atoms with Crippen LogP contribution >= 0.6 is 0 Å². The van der Waals surface area contributed by atoms with Gasteiger partial charge in [-0.1, -0.05) is 121 Å². The zero-order valence-corrected chi connectivity index (χ0v) is 36.3. The number of benzene rings is 10. The number of para-hydroxylation sites is 4. The summed E-state index contributed by atoms with van der Waals surface area (Å²) in [5.74, 6) is 0. The van der Waals surface area contributed by atoms with Crippen molar-refractivity contribution in [3.8, 4) is 44.8 Å². The average Bonchev–Trinajstić information content (AvgIpc) is 3.90. The highest BCUT2D eigenvalue weighted by Gasteiger charge is 2.19. The normalized spacial score (nSPS) is 11.9. The molecule has 14 rings (SSSR count). The maximum atomic E-state index is 13.3. The second-order valence-corrected chi connectivity index (χ2v) is 17.6. The van der Waals surface area contributed by atoms with E-state index in [9.17, 15) is 9.59 Å². The van der Waals surface area contributed by atoms with Crippen LogP contribution in [0.25, 0.3) is 132 Å². The van der Waals surface area contributed by atoms with Gasteiger partial charge in [0.1, 0.15) is 11.2 Å². The van der Waals surface area contributed by atoms with Gasteiger partial charge in [0.05, 0.1) is 32.8 Å². The highest BCUT2D eigenvalue weighted by molar-refractivity contribution is 6.15. The number of fused-ring (bicyclic) bond motifs is 12. The number of nitrogens with zero attached hydrogens (tertiary/aromatic N) is 2. The summed E-state index contributed by atoms with van der Waals surface area (Å²) in [6, 6.07) is 75.3. The van der Waals surface area contributed by atoms with Crippen LogP contribution in [0.1, 0.15) is 0 Å². The van der Waals surface area contributed by atoms with Crippen molar-refractivity contribution in [1.29, 1.82) is 0 Å². The Balaban J connectivity index is 0.950. The number of hydrogen-bond acceptors (Lipinski definition) is 4. The largest absolute Gasteiger partial charge is 0.422 e.